The molecule has 0 amide bonds. The average Bonchev–Trinajstić information content (AvgIpc) is 2.34. The molecule has 0 aliphatic carbocycles. The highest BCUT2D eigenvalue weighted by Gasteiger charge is 2.11. The van der Waals surface area contributed by atoms with Crippen molar-refractivity contribution in [3.63, 3.8) is 0 Å². The van der Waals surface area contributed by atoms with Crippen LogP contribution in [0.15, 0.2) is 10.7 Å². The summed E-state index contributed by atoms with van der Waals surface area (Å²) in [5.74, 6) is 2.16. The highest BCUT2D eigenvalue weighted by molar-refractivity contribution is 9.10. The quantitative estimate of drug-likeness (QED) is 0.572. The second-order valence-corrected chi connectivity index (χ2v) is 5.15. The zero-order valence-electron chi connectivity index (χ0n) is 11.6. The van der Waals surface area contributed by atoms with E-state index in [4.69, 9.17) is 4.74 Å². The number of ether oxygens (including phenoxy) is 1. The number of nitrogens with zero attached hydrogens (tertiary/aromatic N) is 3. The molecule has 0 N–H and O–H groups in total. The summed E-state index contributed by atoms with van der Waals surface area (Å²) in [5.41, 5.74) is 0. The van der Waals surface area contributed by atoms with Gasteiger partial charge in [0.2, 0.25) is 0 Å². The first-order valence-electron chi connectivity index (χ1n) is 6.45. The zero-order valence-corrected chi connectivity index (χ0v) is 13.2. The third-order valence-corrected chi connectivity index (χ3v) is 3.04. The SMILES string of the molecule is CCOCCN(CC)c1cc(Br)nc(C(C)C)n1. The Balaban J connectivity index is 2.84. The van der Waals surface area contributed by atoms with E-state index in [-0.39, 0.29) is 0 Å². The van der Waals surface area contributed by atoms with E-state index in [1.165, 1.54) is 0 Å². The van der Waals surface area contributed by atoms with Gasteiger partial charge in [0, 0.05) is 31.7 Å². The summed E-state index contributed by atoms with van der Waals surface area (Å²) in [4.78, 5) is 11.2. The first-order valence-corrected chi connectivity index (χ1v) is 7.24. The van der Waals surface area contributed by atoms with Crippen LogP contribution in [0.25, 0.3) is 0 Å². The van der Waals surface area contributed by atoms with Crippen LogP contribution in [0.3, 0.4) is 0 Å². The molecule has 0 unspecified atom stereocenters. The van der Waals surface area contributed by atoms with Gasteiger partial charge < -0.3 is 9.64 Å². The van der Waals surface area contributed by atoms with Gasteiger partial charge in [0.25, 0.3) is 0 Å². The normalized spacial score (nSPS) is 11.0. The number of halogens is 1. The molecule has 5 heteroatoms. The molecule has 1 aromatic heterocycles. The number of likely N-dealkylation sites (N-methyl/N-ethyl adjacent to an activating group) is 1. The molecule has 4 nitrogen and oxygen atoms in total. The Morgan fingerprint density at radius 2 is 2.06 bits per heavy atom. The zero-order chi connectivity index (χ0) is 13.5. The van der Waals surface area contributed by atoms with Gasteiger partial charge in [-0.25, -0.2) is 9.97 Å². The molecule has 102 valence electrons. The van der Waals surface area contributed by atoms with Crippen molar-refractivity contribution in [3.8, 4) is 0 Å². The fourth-order valence-corrected chi connectivity index (χ4v) is 1.98. The van der Waals surface area contributed by atoms with Crippen LogP contribution in [0, 0.1) is 0 Å². The van der Waals surface area contributed by atoms with Crippen molar-refractivity contribution in [2.45, 2.75) is 33.6 Å². The Hall–Kier alpha value is -0.680. The van der Waals surface area contributed by atoms with Gasteiger partial charge in [0.1, 0.15) is 16.2 Å². The predicted octanol–water partition coefficient (Wildman–Crippen LogP) is 3.23. The molecule has 1 aromatic rings. The van der Waals surface area contributed by atoms with Crippen LogP contribution in [0.1, 0.15) is 39.4 Å². The Labute approximate surface area is 118 Å². The summed E-state index contributed by atoms with van der Waals surface area (Å²) in [7, 11) is 0. The summed E-state index contributed by atoms with van der Waals surface area (Å²) in [5, 5.41) is 0. The maximum atomic E-state index is 5.40. The van der Waals surface area contributed by atoms with Gasteiger partial charge in [-0.1, -0.05) is 13.8 Å². The summed E-state index contributed by atoms with van der Waals surface area (Å²) in [6.45, 7) is 11.6. The Bertz CT molecular complexity index is 371. The lowest BCUT2D eigenvalue weighted by Crippen LogP contribution is -2.28. The highest BCUT2D eigenvalue weighted by atomic mass is 79.9. The summed E-state index contributed by atoms with van der Waals surface area (Å²) in [6, 6.07) is 1.96. The number of rotatable bonds is 7. The summed E-state index contributed by atoms with van der Waals surface area (Å²) in [6.07, 6.45) is 0. The van der Waals surface area contributed by atoms with E-state index in [1.54, 1.807) is 0 Å². The van der Waals surface area contributed by atoms with Crippen LogP contribution in [0.2, 0.25) is 0 Å². The van der Waals surface area contributed by atoms with Crippen molar-refractivity contribution in [3.05, 3.63) is 16.5 Å². The molecule has 0 aromatic carbocycles. The summed E-state index contributed by atoms with van der Waals surface area (Å²) < 4.78 is 6.24. The molecule has 1 rings (SSSR count). The molecule has 0 aliphatic rings. The van der Waals surface area contributed by atoms with Crippen molar-refractivity contribution in [1.29, 1.82) is 0 Å². The van der Waals surface area contributed by atoms with E-state index < -0.39 is 0 Å². The molecule has 0 saturated heterocycles. The van der Waals surface area contributed by atoms with E-state index in [9.17, 15) is 0 Å². The second kappa shape index (κ2) is 7.69. The fourth-order valence-electron chi connectivity index (χ4n) is 1.60. The van der Waals surface area contributed by atoms with Gasteiger partial charge in [-0.05, 0) is 29.8 Å². The van der Waals surface area contributed by atoms with E-state index in [0.29, 0.717) is 5.92 Å². The standard InChI is InChI=1S/C13H22BrN3O/c1-5-17(7-8-18-6-2)12-9-11(14)15-13(16-12)10(3)4/h9-10H,5-8H2,1-4H3. The molecular formula is C13H22BrN3O. The van der Waals surface area contributed by atoms with Gasteiger partial charge in [-0.2, -0.15) is 0 Å². The topological polar surface area (TPSA) is 38.2 Å². The molecular weight excluding hydrogens is 294 g/mol. The summed E-state index contributed by atoms with van der Waals surface area (Å²) >= 11 is 3.45. The molecule has 0 bridgehead atoms. The smallest absolute Gasteiger partial charge is 0.134 e. The second-order valence-electron chi connectivity index (χ2n) is 4.34. The van der Waals surface area contributed by atoms with Gasteiger partial charge >= 0.3 is 0 Å². The van der Waals surface area contributed by atoms with E-state index in [2.05, 4.69) is 51.6 Å². The third-order valence-electron chi connectivity index (χ3n) is 2.63. The molecule has 0 spiro atoms. The van der Waals surface area contributed by atoms with Crippen molar-refractivity contribution < 1.29 is 4.74 Å². The fraction of sp³-hybridized carbons (Fsp3) is 0.692. The Morgan fingerprint density at radius 1 is 1.33 bits per heavy atom. The monoisotopic (exact) mass is 315 g/mol. The number of anilines is 1. The maximum absolute atomic E-state index is 5.40. The number of hydrogen-bond donors (Lipinski definition) is 0. The average molecular weight is 316 g/mol. The minimum Gasteiger partial charge on any atom is -0.380 e. The van der Waals surface area contributed by atoms with Gasteiger partial charge in [-0.15, -0.1) is 0 Å². The minimum absolute atomic E-state index is 0.326. The van der Waals surface area contributed by atoms with Crippen LogP contribution in [0.5, 0.6) is 0 Å². The van der Waals surface area contributed by atoms with E-state index >= 15 is 0 Å². The van der Waals surface area contributed by atoms with Crippen LogP contribution >= 0.6 is 15.9 Å². The predicted molar refractivity (Wildman–Crippen MR) is 78.2 cm³/mol. The van der Waals surface area contributed by atoms with Gasteiger partial charge in [0.05, 0.1) is 6.61 Å². The number of aromatic nitrogens is 2. The van der Waals surface area contributed by atoms with Crippen molar-refractivity contribution in [2.75, 3.05) is 31.2 Å². The van der Waals surface area contributed by atoms with Crippen LogP contribution < -0.4 is 4.90 Å². The first-order chi connectivity index (χ1) is 8.58. The highest BCUT2D eigenvalue weighted by Crippen LogP contribution is 2.20. The maximum Gasteiger partial charge on any atom is 0.134 e. The van der Waals surface area contributed by atoms with E-state index in [1.807, 2.05) is 13.0 Å². The van der Waals surface area contributed by atoms with Crippen LogP contribution in [0.4, 0.5) is 5.82 Å². The van der Waals surface area contributed by atoms with Crippen molar-refractivity contribution in [1.82, 2.24) is 9.97 Å². The molecule has 18 heavy (non-hydrogen) atoms. The third kappa shape index (κ3) is 4.53. The lowest BCUT2D eigenvalue weighted by Gasteiger charge is -2.22. The van der Waals surface area contributed by atoms with Gasteiger partial charge in [-0.3, -0.25) is 0 Å². The molecule has 0 saturated carbocycles. The first kappa shape index (κ1) is 15.4. The Kier molecular flexibility index (Phi) is 6.57. The van der Waals surface area contributed by atoms with E-state index in [0.717, 1.165) is 42.5 Å². The molecule has 0 radical (unpaired) electrons. The number of hydrogen-bond acceptors (Lipinski definition) is 4. The lowest BCUT2D eigenvalue weighted by molar-refractivity contribution is 0.154. The molecule has 0 fully saturated rings. The van der Waals surface area contributed by atoms with Crippen molar-refractivity contribution >= 4 is 21.7 Å². The molecule has 0 aliphatic heterocycles. The van der Waals surface area contributed by atoms with Gasteiger partial charge in [0.15, 0.2) is 0 Å². The lowest BCUT2D eigenvalue weighted by atomic mass is 10.2. The van der Waals surface area contributed by atoms with Crippen LogP contribution in [-0.4, -0.2) is 36.3 Å². The van der Waals surface area contributed by atoms with Crippen molar-refractivity contribution in [2.24, 2.45) is 0 Å². The molecule has 1 heterocycles. The minimum atomic E-state index is 0.326. The Morgan fingerprint density at radius 3 is 2.61 bits per heavy atom. The largest absolute Gasteiger partial charge is 0.380 e. The van der Waals surface area contributed by atoms with Crippen LogP contribution in [-0.2, 0) is 4.74 Å². The molecule has 0 atom stereocenters.